The summed E-state index contributed by atoms with van der Waals surface area (Å²) in [5, 5.41) is 2.66. The number of nitrogens with one attached hydrogen (secondary N) is 1. The van der Waals surface area contributed by atoms with Crippen LogP contribution in [-0.4, -0.2) is 9.78 Å². The largest absolute Gasteiger partial charge is 0.302 e. The Morgan fingerprint density at radius 3 is 2.43 bits per heavy atom. The first-order chi connectivity index (χ1) is 6.70. The number of H-pyrrole nitrogens is 1. The Bertz CT molecular complexity index is 499. The van der Waals surface area contributed by atoms with Crippen LogP contribution >= 0.6 is 0 Å². The fourth-order valence-corrected chi connectivity index (χ4v) is 1.32. The molecule has 0 aliphatic carbocycles. The summed E-state index contributed by atoms with van der Waals surface area (Å²) in [6.45, 7) is 0. The molecular formula is C10H9FN2O. The van der Waals surface area contributed by atoms with E-state index >= 15 is 0 Å². The van der Waals surface area contributed by atoms with E-state index in [1.165, 1.54) is 7.05 Å². The maximum Gasteiger partial charge on any atom is 0.302 e. The zero-order valence-electron chi connectivity index (χ0n) is 7.62. The highest BCUT2D eigenvalue weighted by Gasteiger charge is 2.12. The van der Waals surface area contributed by atoms with E-state index in [2.05, 4.69) is 5.10 Å². The molecule has 0 aliphatic rings. The molecule has 2 rings (SSSR count). The normalized spacial score (nSPS) is 10.4. The van der Waals surface area contributed by atoms with Gasteiger partial charge in [-0.3, -0.25) is 14.6 Å². The Morgan fingerprint density at radius 1 is 1.29 bits per heavy atom. The van der Waals surface area contributed by atoms with Crippen molar-refractivity contribution in [3.05, 3.63) is 46.5 Å². The van der Waals surface area contributed by atoms with Crippen molar-refractivity contribution in [3.63, 3.8) is 0 Å². The fraction of sp³-hybridized carbons (Fsp3) is 0.100. The van der Waals surface area contributed by atoms with Gasteiger partial charge in [0.15, 0.2) is 0 Å². The number of nitrogens with zero attached hydrogens (tertiary/aromatic N) is 1. The number of aromatic nitrogens is 2. The third kappa shape index (κ3) is 1.25. The van der Waals surface area contributed by atoms with Gasteiger partial charge in [0.1, 0.15) is 5.69 Å². The Morgan fingerprint density at radius 2 is 1.93 bits per heavy atom. The summed E-state index contributed by atoms with van der Waals surface area (Å²) in [6, 6.07) is 8.91. The highest BCUT2D eigenvalue weighted by Crippen LogP contribution is 2.16. The quantitative estimate of drug-likeness (QED) is 0.730. The van der Waals surface area contributed by atoms with Gasteiger partial charge >= 0.3 is 5.56 Å². The smallest absolute Gasteiger partial charge is 0.292 e. The molecule has 0 amide bonds. The van der Waals surface area contributed by atoms with E-state index in [0.717, 1.165) is 4.68 Å². The molecule has 0 atom stereocenters. The molecule has 0 bridgehead atoms. The number of halogens is 1. The molecular weight excluding hydrogens is 183 g/mol. The second-order valence-electron chi connectivity index (χ2n) is 3.03. The van der Waals surface area contributed by atoms with Gasteiger partial charge in [0.2, 0.25) is 5.82 Å². The molecule has 3 nitrogen and oxygen atoms in total. The van der Waals surface area contributed by atoms with Gasteiger partial charge in [-0.15, -0.1) is 0 Å². The van der Waals surface area contributed by atoms with Crippen molar-refractivity contribution in [1.82, 2.24) is 9.78 Å². The molecule has 2 aromatic rings. The topological polar surface area (TPSA) is 37.8 Å². The Labute approximate surface area is 79.8 Å². The van der Waals surface area contributed by atoms with Crippen LogP contribution in [-0.2, 0) is 7.05 Å². The van der Waals surface area contributed by atoms with E-state index in [9.17, 15) is 9.18 Å². The van der Waals surface area contributed by atoms with Crippen molar-refractivity contribution in [1.29, 1.82) is 0 Å². The van der Waals surface area contributed by atoms with Gasteiger partial charge in [0, 0.05) is 12.6 Å². The minimum Gasteiger partial charge on any atom is -0.292 e. The summed E-state index contributed by atoms with van der Waals surface area (Å²) in [7, 11) is 1.48. The van der Waals surface area contributed by atoms with Crippen molar-refractivity contribution in [3.8, 4) is 11.3 Å². The van der Waals surface area contributed by atoms with Crippen LogP contribution in [0, 0.1) is 5.82 Å². The van der Waals surface area contributed by atoms with Crippen molar-refractivity contribution < 1.29 is 4.39 Å². The molecule has 0 saturated heterocycles. The maximum atomic E-state index is 13.3. The molecule has 1 aromatic carbocycles. The molecule has 0 aliphatic heterocycles. The summed E-state index contributed by atoms with van der Waals surface area (Å²) in [4.78, 5) is 11.1. The lowest BCUT2D eigenvalue weighted by Gasteiger charge is -1.95. The molecule has 0 radical (unpaired) electrons. The predicted molar refractivity (Wildman–Crippen MR) is 51.4 cm³/mol. The minimum atomic E-state index is -0.737. The Balaban J connectivity index is 2.64. The number of aryl methyl sites for hydroxylation is 1. The van der Waals surface area contributed by atoms with Crippen LogP contribution in [0.25, 0.3) is 11.3 Å². The van der Waals surface area contributed by atoms with Crippen LogP contribution in [0.5, 0.6) is 0 Å². The average molecular weight is 192 g/mol. The van der Waals surface area contributed by atoms with Crippen LogP contribution in [0.1, 0.15) is 0 Å². The molecule has 4 heteroatoms. The summed E-state index contributed by atoms with van der Waals surface area (Å²) in [5.74, 6) is -0.737. The average Bonchev–Trinajstić information content (AvgIpc) is 2.47. The van der Waals surface area contributed by atoms with Crippen molar-refractivity contribution in [2.24, 2.45) is 7.05 Å². The van der Waals surface area contributed by atoms with E-state index in [0.29, 0.717) is 5.56 Å². The van der Waals surface area contributed by atoms with E-state index < -0.39 is 11.4 Å². The summed E-state index contributed by atoms with van der Waals surface area (Å²) in [6.07, 6.45) is 0. The van der Waals surface area contributed by atoms with Crippen molar-refractivity contribution >= 4 is 0 Å². The second kappa shape index (κ2) is 3.14. The van der Waals surface area contributed by atoms with Crippen LogP contribution in [0.3, 0.4) is 0 Å². The van der Waals surface area contributed by atoms with Crippen LogP contribution < -0.4 is 5.56 Å². The van der Waals surface area contributed by atoms with Gasteiger partial charge in [-0.1, -0.05) is 30.3 Å². The Hall–Kier alpha value is -1.84. The van der Waals surface area contributed by atoms with Crippen molar-refractivity contribution in [2.45, 2.75) is 0 Å². The monoisotopic (exact) mass is 192 g/mol. The predicted octanol–water partition coefficient (Wildman–Crippen LogP) is 1.52. The third-order valence-electron chi connectivity index (χ3n) is 2.05. The van der Waals surface area contributed by atoms with Crippen LogP contribution in [0.2, 0.25) is 0 Å². The lowest BCUT2D eigenvalue weighted by molar-refractivity contribution is 0.611. The molecule has 0 unspecified atom stereocenters. The zero-order valence-corrected chi connectivity index (χ0v) is 7.62. The first kappa shape index (κ1) is 8.74. The molecule has 14 heavy (non-hydrogen) atoms. The van der Waals surface area contributed by atoms with Gasteiger partial charge in [-0.25, -0.2) is 0 Å². The zero-order chi connectivity index (χ0) is 10.1. The maximum absolute atomic E-state index is 13.3. The molecule has 0 fully saturated rings. The SMILES string of the molecule is Cn1[nH]c(-c2ccccc2)c(F)c1=O. The van der Waals surface area contributed by atoms with E-state index in [-0.39, 0.29) is 5.69 Å². The molecule has 1 aromatic heterocycles. The molecule has 72 valence electrons. The summed E-state index contributed by atoms with van der Waals surface area (Å²) < 4.78 is 14.5. The van der Waals surface area contributed by atoms with Gasteiger partial charge in [0.25, 0.3) is 0 Å². The standard InChI is InChI=1S/C10H9FN2O/c1-13-10(14)8(11)9(12-13)7-5-3-2-4-6-7/h2-6,12H,1H3. The number of hydrogen-bond acceptors (Lipinski definition) is 1. The van der Waals surface area contributed by atoms with E-state index in [1.807, 2.05) is 6.07 Å². The first-order valence-electron chi connectivity index (χ1n) is 4.20. The highest BCUT2D eigenvalue weighted by molar-refractivity contribution is 5.58. The highest BCUT2D eigenvalue weighted by atomic mass is 19.1. The minimum absolute atomic E-state index is 0.234. The van der Waals surface area contributed by atoms with Crippen LogP contribution in [0.4, 0.5) is 4.39 Å². The number of rotatable bonds is 1. The van der Waals surface area contributed by atoms with E-state index in [4.69, 9.17) is 0 Å². The van der Waals surface area contributed by atoms with Crippen LogP contribution in [0.15, 0.2) is 35.1 Å². The Kier molecular flexibility index (Phi) is 1.96. The van der Waals surface area contributed by atoms with Gasteiger partial charge in [0.05, 0.1) is 0 Å². The van der Waals surface area contributed by atoms with Gasteiger partial charge in [-0.2, -0.15) is 4.39 Å². The first-order valence-corrected chi connectivity index (χ1v) is 4.20. The molecule has 1 heterocycles. The number of aromatic amines is 1. The molecule has 0 saturated carbocycles. The summed E-state index contributed by atoms with van der Waals surface area (Å²) >= 11 is 0. The second-order valence-corrected chi connectivity index (χ2v) is 3.03. The van der Waals surface area contributed by atoms with E-state index in [1.54, 1.807) is 24.3 Å². The number of hydrogen-bond donors (Lipinski definition) is 1. The van der Waals surface area contributed by atoms with Gasteiger partial charge in [-0.05, 0) is 0 Å². The van der Waals surface area contributed by atoms with Crippen molar-refractivity contribution in [2.75, 3.05) is 0 Å². The third-order valence-corrected chi connectivity index (χ3v) is 2.05. The molecule has 1 N–H and O–H groups in total. The lowest BCUT2D eigenvalue weighted by Crippen LogP contribution is -2.13. The summed E-state index contributed by atoms with van der Waals surface area (Å²) in [5.41, 5.74) is 0.268. The fourth-order valence-electron chi connectivity index (χ4n) is 1.32. The molecule has 0 spiro atoms. The lowest BCUT2D eigenvalue weighted by atomic mass is 10.1. The van der Waals surface area contributed by atoms with Gasteiger partial charge < -0.3 is 0 Å². The number of benzene rings is 1.